The van der Waals surface area contributed by atoms with Gasteiger partial charge in [0.15, 0.2) is 0 Å². The number of hydrogen-bond acceptors (Lipinski definition) is 6. The smallest absolute Gasteiger partial charge is 0.213 e. The summed E-state index contributed by atoms with van der Waals surface area (Å²) >= 11 is 12.7. The van der Waals surface area contributed by atoms with Crippen LogP contribution in [0.1, 0.15) is 36.6 Å². The number of nitriles is 1. The number of ether oxygens (including phenoxy) is 1. The first-order valence-corrected chi connectivity index (χ1v) is 12.3. The highest BCUT2D eigenvalue weighted by Gasteiger charge is 2.34. The Balaban J connectivity index is 1.58. The Labute approximate surface area is 216 Å². The van der Waals surface area contributed by atoms with E-state index in [-0.39, 0.29) is 6.04 Å². The summed E-state index contributed by atoms with van der Waals surface area (Å²) < 4.78 is 5.43. The molecule has 1 aliphatic heterocycles. The number of nitrogens with zero attached hydrogens (tertiary/aromatic N) is 4. The van der Waals surface area contributed by atoms with Crippen LogP contribution in [0.5, 0.6) is 5.88 Å². The lowest BCUT2D eigenvalue weighted by atomic mass is 9.95. The van der Waals surface area contributed by atoms with E-state index in [1.54, 1.807) is 24.4 Å². The molecule has 35 heavy (non-hydrogen) atoms. The third-order valence-corrected chi connectivity index (χ3v) is 6.84. The van der Waals surface area contributed by atoms with Crippen molar-refractivity contribution in [1.29, 1.82) is 5.26 Å². The van der Waals surface area contributed by atoms with E-state index >= 15 is 0 Å². The zero-order chi connectivity index (χ0) is 25.0. The number of benzene rings is 2. The normalized spacial score (nSPS) is 18.1. The van der Waals surface area contributed by atoms with Crippen molar-refractivity contribution < 1.29 is 9.84 Å². The molecule has 0 aliphatic carbocycles. The number of halogens is 2. The Bertz CT molecular complexity index is 1190. The summed E-state index contributed by atoms with van der Waals surface area (Å²) in [7, 11) is 0. The van der Waals surface area contributed by atoms with Crippen LogP contribution in [-0.4, -0.2) is 47.8 Å². The van der Waals surface area contributed by atoms with Crippen molar-refractivity contribution in [2.75, 3.05) is 37.7 Å². The molecule has 1 aromatic heterocycles. The molecule has 1 aliphatic rings. The van der Waals surface area contributed by atoms with Gasteiger partial charge in [-0.15, -0.1) is 0 Å². The fraction of sp³-hybridized carbons (Fsp3) is 0.333. The van der Waals surface area contributed by atoms with Gasteiger partial charge in [-0.2, -0.15) is 5.26 Å². The van der Waals surface area contributed by atoms with Gasteiger partial charge in [0.05, 0.1) is 35.0 Å². The van der Waals surface area contributed by atoms with Crippen LogP contribution in [0.25, 0.3) is 0 Å². The number of aliphatic hydroxyl groups is 1. The molecule has 0 radical (unpaired) electrons. The van der Waals surface area contributed by atoms with Crippen molar-refractivity contribution in [2.45, 2.75) is 25.5 Å². The fourth-order valence-corrected chi connectivity index (χ4v) is 4.92. The van der Waals surface area contributed by atoms with Gasteiger partial charge in [-0.25, -0.2) is 4.98 Å². The van der Waals surface area contributed by atoms with Crippen molar-refractivity contribution >= 4 is 28.9 Å². The van der Waals surface area contributed by atoms with Gasteiger partial charge in [0, 0.05) is 49.0 Å². The maximum absolute atomic E-state index is 11.3. The second-order valence-corrected chi connectivity index (χ2v) is 9.71. The van der Waals surface area contributed by atoms with E-state index < -0.39 is 5.60 Å². The molecule has 4 rings (SSSR count). The van der Waals surface area contributed by atoms with Crippen LogP contribution in [-0.2, 0) is 5.60 Å². The number of pyridine rings is 1. The highest BCUT2D eigenvalue weighted by Crippen LogP contribution is 2.37. The minimum Gasteiger partial charge on any atom is -0.478 e. The molecule has 0 amide bonds. The van der Waals surface area contributed by atoms with Gasteiger partial charge in [-0.1, -0.05) is 35.3 Å². The largest absolute Gasteiger partial charge is 0.478 e. The van der Waals surface area contributed by atoms with Crippen molar-refractivity contribution in [3.8, 4) is 11.9 Å². The van der Waals surface area contributed by atoms with Crippen LogP contribution >= 0.6 is 23.2 Å². The molecule has 0 bridgehead atoms. The van der Waals surface area contributed by atoms with Gasteiger partial charge in [0.25, 0.3) is 0 Å². The lowest BCUT2D eigenvalue weighted by Crippen LogP contribution is -2.52. The van der Waals surface area contributed by atoms with E-state index in [1.165, 1.54) is 0 Å². The first-order valence-electron chi connectivity index (χ1n) is 11.6. The summed E-state index contributed by atoms with van der Waals surface area (Å²) in [5.74, 6) is 0.544. The first kappa shape index (κ1) is 25.3. The molecule has 1 fully saturated rings. The Morgan fingerprint density at radius 1 is 1.14 bits per heavy atom. The average Bonchev–Trinajstić information content (AvgIpc) is 2.85. The molecule has 3 aromatic rings. The predicted molar refractivity (Wildman–Crippen MR) is 139 cm³/mol. The van der Waals surface area contributed by atoms with E-state index in [0.29, 0.717) is 47.7 Å². The lowest BCUT2D eigenvalue weighted by molar-refractivity contribution is 0.00996. The molecule has 6 nitrogen and oxygen atoms in total. The van der Waals surface area contributed by atoms with Gasteiger partial charge < -0.3 is 14.7 Å². The molecule has 1 saturated heterocycles. The fourth-order valence-electron chi connectivity index (χ4n) is 4.51. The monoisotopic (exact) mass is 510 g/mol. The number of rotatable bonds is 7. The zero-order valence-corrected chi connectivity index (χ0v) is 21.3. The average molecular weight is 511 g/mol. The number of hydrogen-bond donors (Lipinski definition) is 1. The topological polar surface area (TPSA) is 72.6 Å². The van der Waals surface area contributed by atoms with Crippen LogP contribution in [0.2, 0.25) is 10.0 Å². The van der Waals surface area contributed by atoms with Gasteiger partial charge in [-0.05, 0) is 55.8 Å². The number of piperazine rings is 1. The Morgan fingerprint density at radius 3 is 2.54 bits per heavy atom. The van der Waals surface area contributed by atoms with E-state index in [0.717, 1.165) is 23.4 Å². The Morgan fingerprint density at radius 2 is 1.91 bits per heavy atom. The van der Waals surface area contributed by atoms with E-state index in [4.69, 9.17) is 27.9 Å². The third kappa shape index (κ3) is 5.88. The molecular formula is C27H28Cl2N4O2. The maximum Gasteiger partial charge on any atom is 0.213 e. The van der Waals surface area contributed by atoms with Gasteiger partial charge in [0.2, 0.25) is 5.88 Å². The Kier molecular flexibility index (Phi) is 7.83. The summed E-state index contributed by atoms with van der Waals surface area (Å²) in [5, 5.41) is 21.8. The van der Waals surface area contributed by atoms with E-state index in [1.807, 2.05) is 50.2 Å². The van der Waals surface area contributed by atoms with Crippen molar-refractivity contribution in [1.82, 2.24) is 9.88 Å². The van der Waals surface area contributed by atoms with Crippen molar-refractivity contribution in [2.24, 2.45) is 0 Å². The molecule has 8 heteroatoms. The Hall–Kier alpha value is -2.82. The third-order valence-electron chi connectivity index (χ3n) is 6.29. The summed E-state index contributed by atoms with van der Waals surface area (Å²) in [6, 6.07) is 19.0. The number of anilines is 1. The summed E-state index contributed by atoms with van der Waals surface area (Å²) in [5.41, 5.74) is 2.16. The molecule has 2 aromatic carbocycles. The molecule has 1 N–H and O–H groups in total. The highest BCUT2D eigenvalue weighted by molar-refractivity contribution is 6.33. The molecule has 0 saturated carbocycles. The van der Waals surface area contributed by atoms with Crippen molar-refractivity contribution in [3.63, 3.8) is 0 Å². The van der Waals surface area contributed by atoms with E-state index in [9.17, 15) is 10.4 Å². The van der Waals surface area contributed by atoms with Gasteiger partial charge >= 0.3 is 0 Å². The van der Waals surface area contributed by atoms with Crippen LogP contribution in [0.15, 0.2) is 60.8 Å². The van der Waals surface area contributed by atoms with Crippen molar-refractivity contribution in [3.05, 3.63) is 87.5 Å². The van der Waals surface area contributed by atoms with Gasteiger partial charge in [-0.3, -0.25) is 4.90 Å². The second kappa shape index (κ2) is 10.8. The number of β-amino-alcohol motifs (C(OH)–C–C–N with tert-alkyl or cyclic N) is 1. The molecule has 2 heterocycles. The molecular weight excluding hydrogens is 483 g/mol. The predicted octanol–water partition coefficient (Wildman–Crippen LogP) is 5.43. The molecule has 0 unspecified atom stereocenters. The van der Waals surface area contributed by atoms with Crippen LogP contribution in [0, 0.1) is 11.3 Å². The van der Waals surface area contributed by atoms with Crippen LogP contribution in [0.3, 0.4) is 0 Å². The standard InChI is InChI=1S/C27H28Cl2N4O2/c1-3-35-26-11-7-21(16-31-26)27(2,34)18-32-12-13-33(24-10-4-19(15-30)14-23(24)29)25(17-32)20-5-8-22(28)9-6-20/h4-11,14,16,25,34H,3,12-13,17-18H2,1-2H3/t25-,27+/m0/s1. The highest BCUT2D eigenvalue weighted by atomic mass is 35.5. The summed E-state index contributed by atoms with van der Waals surface area (Å²) in [6.07, 6.45) is 1.68. The second-order valence-electron chi connectivity index (χ2n) is 8.87. The summed E-state index contributed by atoms with van der Waals surface area (Å²) in [6.45, 7) is 6.83. The molecule has 0 spiro atoms. The lowest BCUT2D eigenvalue weighted by Gasteiger charge is -2.45. The van der Waals surface area contributed by atoms with Crippen LogP contribution in [0.4, 0.5) is 5.69 Å². The molecule has 182 valence electrons. The SMILES string of the molecule is CCOc1ccc([C@](C)(O)CN2CCN(c3ccc(C#N)cc3Cl)[C@H](c3ccc(Cl)cc3)C2)cn1. The minimum atomic E-state index is -1.09. The summed E-state index contributed by atoms with van der Waals surface area (Å²) in [4.78, 5) is 8.83. The minimum absolute atomic E-state index is 0.0132. The van der Waals surface area contributed by atoms with Gasteiger partial charge in [0.1, 0.15) is 5.60 Å². The first-order chi connectivity index (χ1) is 16.8. The van der Waals surface area contributed by atoms with E-state index in [2.05, 4.69) is 20.9 Å². The zero-order valence-electron chi connectivity index (χ0n) is 19.8. The quantitative estimate of drug-likeness (QED) is 0.456. The molecule has 2 atom stereocenters. The van der Waals surface area contributed by atoms with Crippen LogP contribution < -0.4 is 9.64 Å². The number of aromatic nitrogens is 1. The maximum atomic E-state index is 11.3.